The zero-order valence-electron chi connectivity index (χ0n) is 12.9. The number of nitrogens with zero attached hydrogens (tertiary/aromatic N) is 6. The van der Waals surface area contributed by atoms with Crippen molar-refractivity contribution in [2.45, 2.75) is 12.6 Å². The van der Waals surface area contributed by atoms with Crippen molar-refractivity contribution in [3.05, 3.63) is 59.9 Å². The third-order valence-corrected chi connectivity index (χ3v) is 3.62. The molecule has 11 heteroatoms. The summed E-state index contributed by atoms with van der Waals surface area (Å²) in [6, 6.07) is 2.73. The number of nitrogens with one attached hydrogen (secondary N) is 1. The third kappa shape index (κ3) is 2.87. The van der Waals surface area contributed by atoms with E-state index in [0.717, 1.165) is 11.8 Å². The van der Waals surface area contributed by atoms with Gasteiger partial charge in [-0.1, -0.05) is 0 Å². The number of hydrogen-bond acceptors (Lipinski definition) is 5. The van der Waals surface area contributed by atoms with Gasteiger partial charge in [0.05, 0.1) is 11.2 Å². The monoisotopic (exact) mass is 363 g/mol. The average Bonchev–Trinajstić information content (AvgIpc) is 3.21. The van der Waals surface area contributed by atoms with E-state index < -0.39 is 17.8 Å². The lowest BCUT2D eigenvalue weighted by atomic mass is 10.2. The second-order valence-electron chi connectivity index (χ2n) is 5.41. The summed E-state index contributed by atoms with van der Waals surface area (Å²) in [5, 5.41) is 5.40. The first-order valence-electron chi connectivity index (χ1n) is 7.32. The summed E-state index contributed by atoms with van der Waals surface area (Å²) in [5.74, 6) is -2.11. The van der Waals surface area contributed by atoms with Crippen LogP contribution >= 0.6 is 0 Å². The Hall–Kier alpha value is -3.37. The van der Waals surface area contributed by atoms with Crippen LogP contribution in [0.2, 0.25) is 0 Å². The first kappa shape index (κ1) is 16.1. The van der Waals surface area contributed by atoms with Crippen LogP contribution in [0, 0.1) is 5.82 Å². The minimum atomic E-state index is -4.67. The van der Waals surface area contributed by atoms with Crippen molar-refractivity contribution < 1.29 is 17.6 Å². The fourth-order valence-corrected chi connectivity index (χ4v) is 2.52. The van der Waals surface area contributed by atoms with Crippen molar-refractivity contribution in [2.75, 3.05) is 0 Å². The largest absolute Gasteiger partial charge is 0.451 e. The normalized spacial score (nSPS) is 12.0. The smallest absolute Gasteiger partial charge is 0.294 e. The molecule has 4 aromatic heterocycles. The Balaban J connectivity index is 1.84. The van der Waals surface area contributed by atoms with Gasteiger partial charge in [0.15, 0.2) is 5.82 Å². The van der Waals surface area contributed by atoms with E-state index in [9.17, 15) is 17.6 Å². The molecule has 0 aliphatic heterocycles. The Kier molecular flexibility index (Phi) is 3.63. The molecule has 0 saturated carbocycles. The molecule has 26 heavy (non-hydrogen) atoms. The second kappa shape index (κ2) is 5.86. The van der Waals surface area contributed by atoms with Gasteiger partial charge in [-0.2, -0.15) is 13.2 Å². The Morgan fingerprint density at radius 2 is 1.85 bits per heavy atom. The Bertz CT molecular complexity index is 1070. The highest BCUT2D eigenvalue weighted by atomic mass is 19.4. The number of alkyl halides is 3. The molecule has 0 aliphatic rings. The zero-order chi connectivity index (χ0) is 18.3. The van der Waals surface area contributed by atoms with Crippen LogP contribution in [-0.2, 0) is 12.6 Å². The topological polar surface area (TPSA) is 84.6 Å². The van der Waals surface area contributed by atoms with E-state index >= 15 is 0 Å². The molecule has 4 aromatic rings. The Labute approximate surface area is 142 Å². The van der Waals surface area contributed by atoms with Gasteiger partial charge in [0.1, 0.15) is 12.1 Å². The molecule has 0 radical (unpaired) electrons. The van der Waals surface area contributed by atoms with Gasteiger partial charge < -0.3 is 0 Å². The Morgan fingerprint density at radius 1 is 1.08 bits per heavy atom. The summed E-state index contributed by atoms with van der Waals surface area (Å²) in [5.41, 5.74) is 1.77. The summed E-state index contributed by atoms with van der Waals surface area (Å²) in [6.07, 6.45) is 1.32. The molecule has 7 nitrogen and oxygen atoms in total. The number of aromatic amines is 1. The number of fused-ring (bicyclic) bond motifs is 1. The highest BCUT2D eigenvalue weighted by Crippen LogP contribution is 2.28. The lowest BCUT2D eigenvalue weighted by Crippen LogP contribution is -2.07. The number of halogens is 4. The fraction of sp³-hybridized carbons (Fsp3) is 0.133. The standard InChI is InChI=1S/C15H9F4N7/c16-9-1-2-11-10(3-8-4-20-7-21-5-8)22-13(26(11)6-9)12-23-14(25-24-12)15(17,18)19/h1-2,4-7H,3H2,(H,23,24,25). The summed E-state index contributed by atoms with van der Waals surface area (Å²) in [6.45, 7) is 0. The summed E-state index contributed by atoms with van der Waals surface area (Å²) in [7, 11) is 0. The molecule has 0 unspecified atom stereocenters. The highest BCUT2D eigenvalue weighted by molar-refractivity contribution is 5.62. The first-order chi connectivity index (χ1) is 12.4. The van der Waals surface area contributed by atoms with Crippen LogP contribution in [0.1, 0.15) is 17.1 Å². The van der Waals surface area contributed by atoms with Crippen LogP contribution < -0.4 is 0 Å². The van der Waals surface area contributed by atoms with E-state index in [-0.39, 0.29) is 11.6 Å². The molecule has 0 bridgehead atoms. The van der Waals surface area contributed by atoms with Crippen LogP contribution in [0.3, 0.4) is 0 Å². The van der Waals surface area contributed by atoms with Crippen molar-refractivity contribution in [1.29, 1.82) is 0 Å². The van der Waals surface area contributed by atoms with Gasteiger partial charge in [0.25, 0.3) is 0 Å². The summed E-state index contributed by atoms with van der Waals surface area (Å²) in [4.78, 5) is 15.6. The molecule has 0 saturated heterocycles. The van der Waals surface area contributed by atoms with E-state index in [0.29, 0.717) is 17.6 Å². The minimum Gasteiger partial charge on any atom is -0.294 e. The van der Waals surface area contributed by atoms with Crippen LogP contribution in [0.25, 0.3) is 17.2 Å². The molecular formula is C15H9F4N7. The van der Waals surface area contributed by atoms with Gasteiger partial charge in [-0.05, 0) is 17.7 Å². The molecular weight excluding hydrogens is 354 g/mol. The SMILES string of the molecule is Fc1ccc2c(Cc3cncnc3)nc(-c3n[nH]c(C(F)(F)F)n3)n2c1. The number of pyridine rings is 1. The van der Waals surface area contributed by atoms with E-state index in [4.69, 9.17) is 0 Å². The van der Waals surface area contributed by atoms with Crippen LogP contribution in [0.5, 0.6) is 0 Å². The minimum absolute atomic E-state index is 0.00176. The molecule has 0 aromatic carbocycles. The zero-order valence-corrected chi connectivity index (χ0v) is 12.9. The van der Waals surface area contributed by atoms with Crippen molar-refractivity contribution in [3.8, 4) is 11.6 Å². The summed E-state index contributed by atoms with van der Waals surface area (Å²) >= 11 is 0. The first-order valence-corrected chi connectivity index (χ1v) is 7.32. The van der Waals surface area contributed by atoms with Gasteiger partial charge in [-0.25, -0.2) is 24.3 Å². The van der Waals surface area contributed by atoms with Gasteiger partial charge in [0, 0.05) is 25.0 Å². The van der Waals surface area contributed by atoms with E-state index in [1.165, 1.54) is 22.9 Å². The van der Waals surface area contributed by atoms with Crippen molar-refractivity contribution in [3.63, 3.8) is 0 Å². The molecule has 132 valence electrons. The van der Waals surface area contributed by atoms with Crippen molar-refractivity contribution in [2.24, 2.45) is 0 Å². The molecule has 0 aliphatic carbocycles. The third-order valence-electron chi connectivity index (χ3n) is 3.62. The van der Waals surface area contributed by atoms with E-state index in [2.05, 4.69) is 25.0 Å². The number of aromatic nitrogens is 7. The molecule has 0 amide bonds. The summed E-state index contributed by atoms with van der Waals surface area (Å²) < 4.78 is 53.2. The van der Waals surface area contributed by atoms with Crippen LogP contribution in [0.4, 0.5) is 17.6 Å². The number of imidazole rings is 1. The predicted molar refractivity (Wildman–Crippen MR) is 80.4 cm³/mol. The highest BCUT2D eigenvalue weighted by Gasteiger charge is 2.36. The lowest BCUT2D eigenvalue weighted by molar-refractivity contribution is -0.144. The Morgan fingerprint density at radius 3 is 2.54 bits per heavy atom. The molecule has 1 N–H and O–H groups in total. The molecule has 0 atom stereocenters. The van der Waals surface area contributed by atoms with Crippen molar-refractivity contribution in [1.82, 2.24) is 34.5 Å². The predicted octanol–water partition coefficient (Wildman–Crippen LogP) is 2.66. The van der Waals surface area contributed by atoms with E-state index in [1.807, 2.05) is 5.10 Å². The van der Waals surface area contributed by atoms with Gasteiger partial charge >= 0.3 is 6.18 Å². The maximum atomic E-state index is 13.7. The lowest BCUT2D eigenvalue weighted by Gasteiger charge is -1.99. The maximum Gasteiger partial charge on any atom is 0.451 e. The quantitative estimate of drug-likeness (QED) is 0.566. The number of hydrogen-bond donors (Lipinski definition) is 1. The van der Waals surface area contributed by atoms with Crippen LogP contribution in [0.15, 0.2) is 37.1 Å². The maximum absolute atomic E-state index is 13.7. The molecule has 0 fully saturated rings. The van der Waals surface area contributed by atoms with Gasteiger partial charge in [0.2, 0.25) is 11.6 Å². The molecule has 4 heterocycles. The van der Waals surface area contributed by atoms with E-state index in [1.54, 1.807) is 12.4 Å². The number of rotatable bonds is 3. The van der Waals surface area contributed by atoms with Crippen LogP contribution in [-0.4, -0.2) is 34.5 Å². The van der Waals surface area contributed by atoms with Gasteiger partial charge in [-0.3, -0.25) is 9.50 Å². The van der Waals surface area contributed by atoms with Gasteiger partial charge in [-0.15, -0.1) is 5.10 Å². The fourth-order valence-electron chi connectivity index (χ4n) is 2.52. The second-order valence-corrected chi connectivity index (χ2v) is 5.41. The molecule has 4 rings (SSSR count). The molecule has 0 spiro atoms. The average molecular weight is 363 g/mol. The van der Waals surface area contributed by atoms with Crippen molar-refractivity contribution >= 4 is 5.52 Å². The number of H-pyrrole nitrogens is 1.